The highest BCUT2D eigenvalue weighted by Gasteiger charge is 2.35. The average Bonchev–Trinajstić information content (AvgIpc) is 3.12. The first kappa shape index (κ1) is 20.7. The number of aliphatic imine (C=N–C) groups is 1. The van der Waals surface area contributed by atoms with Crippen LogP contribution >= 0.6 is 11.9 Å². The van der Waals surface area contributed by atoms with Crippen LogP contribution in [0, 0.1) is 5.92 Å². The first-order chi connectivity index (χ1) is 13.6. The Balaban J connectivity index is 1.59. The van der Waals surface area contributed by atoms with E-state index in [2.05, 4.69) is 22.0 Å². The van der Waals surface area contributed by atoms with Crippen LogP contribution in [0.3, 0.4) is 0 Å². The van der Waals surface area contributed by atoms with E-state index in [4.69, 9.17) is 0 Å². The number of benzene rings is 1. The van der Waals surface area contributed by atoms with Crippen LogP contribution in [-0.4, -0.2) is 40.7 Å². The molecule has 1 amide bonds. The number of carbonyl (C=O) groups excluding carboxylic acids is 1. The third kappa shape index (κ3) is 5.28. The van der Waals surface area contributed by atoms with Gasteiger partial charge in [0.2, 0.25) is 0 Å². The minimum atomic E-state index is -1.07. The molecular weight excluding hydrogens is 374 g/mol. The Hall–Kier alpha value is -2.02. The van der Waals surface area contributed by atoms with Crippen molar-refractivity contribution in [2.45, 2.75) is 63.2 Å². The lowest BCUT2D eigenvalue weighted by molar-refractivity contribution is -0.138. The second kappa shape index (κ2) is 9.96. The zero-order valence-electron chi connectivity index (χ0n) is 16.3. The third-order valence-electron chi connectivity index (χ3n) is 5.45. The molecule has 0 spiro atoms. The van der Waals surface area contributed by atoms with Gasteiger partial charge in [-0.05, 0) is 55.3 Å². The van der Waals surface area contributed by atoms with Gasteiger partial charge in [0, 0.05) is 16.7 Å². The van der Waals surface area contributed by atoms with Crippen LogP contribution in [0.5, 0.6) is 0 Å². The zero-order chi connectivity index (χ0) is 19.9. The number of aryl methyl sites for hydroxylation is 1. The van der Waals surface area contributed by atoms with Crippen molar-refractivity contribution in [3.63, 3.8) is 0 Å². The molecule has 3 atom stereocenters. The number of carboxylic acid groups (broad SMARTS) is 1. The summed E-state index contributed by atoms with van der Waals surface area (Å²) in [5, 5.41) is 12.7. The minimum absolute atomic E-state index is 0.0434. The number of fused-ring (bicyclic) bond motifs is 1. The van der Waals surface area contributed by atoms with Crippen LogP contribution in [0.2, 0.25) is 0 Å². The summed E-state index contributed by atoms with van der Waals surface area (Å²) in [6.07, 6.45) is 7.93. The van der Waals surface area contributed by atoms with Crippen molar-refractivity contribution in [3.05, 3.63) is 35.4 Å². The number of carbonyl (C=O) groups is 2. The molecule has 0 bridgehead atoms. The maximum Gasteiger partial charge on any atom is 0.328 e. The van der Waals surface area contributed by atoms with E-state index in [9.17, 15) is 14.7 Å². The Bertz CT molecular complexity index is 720. The summed E-state index contributed by atoms with van der Waals surface area (Å²) < 4.78 is 3.26. The van der Waals surface area contributed by atoms with E-state index >= 15 is 0 Å². The van der Waals surface area contributed by atoms with Gasteiger partial charge in [0.1, 0.15) is 11.9 Å². The maximum atomic E-state index is 12.5. The predicted molar refractivity (Wildman–Crippen MR) is 113 cm³/mol. The quantitative estimate of drug-likeness (QED) is 0.579. The van der Waals surface area contributed by atoms with E-state index in [0.717, 1.165) is 31.5 Å². The molecule has 1 aliphatic heterocycles. The molecule has 1 aromatic rings. The van der Waals surface area contributed by atoms with Crippen LogP contribution in [0.25, 0.3) is 0 Å². The summed E-state index contributed by atoms with van der Waals surface area (Å²) >= 11 is 1.70. The fraction of sp³-hybridized carbons (Fsp3) is 0.571. The van der Waals surface area contributed by atoms with Crippen LogP contribution in [0.1, 0.15) is 61.4 Å². The molecule has 28 heavy (non-hydrogen) atoms. The number of nitrogens with zero attached hydrogens (tertiary/aromatic N) is 1. The Labute approximate surface area is 170 Å². The molecule has 3 rings (SSSR count). The summed E-state index contributed by atoms with van der Waals surface area (Å²) in [4.78, 5) is 28.6. The van der Waals surface area contributed by atoms with E-state index in [1.54, 1.807) is 24.1 Å². The average molecular weight is 404 g/mol. The SMILES string of the molecule is CCCCc1ccc(C(=O)NC(CN=C2NSC3CCCC[C@@H]23)C(=O)O)cc1. The smallest absolute Gasteiger partial charge is 0.328 e. The second-order valence-electron chi connectivity index (χ2n) is 7.54. The lowest BCUT2D eigenvalue weighted by Gasteiger charge is -2.22. The monoisotopic (exact) mass is 403 g/mol. The molecule has 0 radical (unpaired) electrons. The van der Waals surface area contributed by atoms with E-state index in [1.807, 2.05) is 12.1 Å². The number of amidine groups is 1. The topological polar surface area (TPSA) is 90.8 Å². The maximum absolute atomic E-state index is 12.5. The fourth-order valence-electron chi connectivity index (χ4n) is 3.73. The van der Waals surface area contributed by atoms with Gasteiger partial charge in [-0.3, -0.25) is 9.79 Å². The summed E-state index contributed by atoms with van der Waals surface area (Å²) in [5.74, 6) is -0.169. The van der Waals surface area contributed by atoms with Gasteiger partial charge >= 0.3 is 5.97 Å². The second-order valence-corrected chi connectivity index (χ2v) is 8.59. The molecule has 2 unspecified atom stereocenters. The van der Waals surface area contributed by atoms with Gasteiger partial charge in [-0.1, -0.05) is 38.3 Å². The normalized spacial score (nSPS) is 23.7. The largest absolute Gasteiger partial charge is 0.480 e. The number of rotatable bonds is 8. The highest BCUT2D eigenvalue weighted by atomic mass is 32.2. The summed E-state index contributed by atoms with van der Waals surface area (Å²) in [7, 11) is 0. The van der Waals surface area contributed by atoms with Gasteiger partial charge < -0.3 is 15.1 Å². The molecule has 0 aromatic heterocycles. The molecule has 152 valence electrons. The van der Waals surface area contributed by atoms with E-state index in [0.29, 0.717) is 16.7 Å². The van der Waals surface area contributed by atoms with E-state index in [-0.39, 0.29) is 12.5 Å². The van der Waals surface area contributed by atoms with Gasteiger partial charge in [0.25, 0.3) is 5.91 Å². The molecule has 1 aliphatic carbocycles. The molecule has 7 heteroatoms. The number of hydrogen-bond acceptors (Lipinski definition) is 4. The van der Waals surface area contributed by atoms with Gasteiger partial charge in [0.05, 0.1) is 6.54 Å². The van der Waals surface area contributed by atoms with Crippen LogP contribution in [-0.2, 0) is 11.2 Å². The highest BCUT2D eigenvalue weighted by Crippen LogP contribution is 2.37. The number of hydrogen-bond donors (Lipinski definition) is 3. The van der Waals surface area contributed by atoms with E-state index < -0.39 is 12.0 Å². The van der Waals surface area contributed by atoms with Crippen LogP contribution < -0.4 is 10.0 Å². The van der Waals surface area contributed by atoms with Crippen molar-refractivity contribution < 1.29 is 14.7 Å². The lowest BCUT2D eigenvalue weighted by atomic mass is 9.88. The third-order valence-corrected chi connectivity index (χ3v) is 6.65. The summed E-state index contributed by atoms with van der Waals surface area (Å²) in [6, 6.07) is 6.35. The number of nitrogens with one attached hydrogen (secondary N) is 2. The predicted octanol–water partition coefficient (Wildman–Crippen LogP) is 3.42. The Kier molecular flexibility index (Phi) is 7.36. The molecule has 1 heterocycles. The molecule has 2 aliphatic rings. The Morgan fingerprint density at radius 2 is 2.04 bits per heavy atom. The van der Waals surface area contributed by atoms with Crippen LogP contribution in [0.4, 0.5) is 0 Å². The van der Waals surface area contributed by atoms with Crippen molar-refractivity contribution in [1.29, 1.82) is 0 Å². The van der Waals surface area contributed by atoms with E-state index in [1.165, 1.54) is 24.8 Å². The molecule has 1 aromatic carbocycles. The first-order valence-corrected chi connectivity index (χ1v) is 11.0. The van der Waals surface area contributed by atoms with Gasteiger partial charge in [-0.25, -0.2) is 4.79 Å². The molecule has 1 saturated carbocycles. The Morgan fingerprint density at radius 3 is 2.75 bits per heavy atom. The molecule has 3 N–H and O–H groups in total. The van der Waals surface area contributed by atoms with Crippen molar-refractivity contribution in [1.82, 2.24) is 10.0 Å². The first-order valence-electron chi connectivity index (χ1n) is 10.2. The van der Waals surface area contributed by atoms with Crippen LogP contribution in [0.15, 0.2) is 29.3 Å². The standard InChI is InChI=1S/C21H29N3O3S/c1-2-3-6-14-9-11-15(12-10-14)20(25)23-17(21(26)27)13-22-19-16-7-4-5-8-18(16)28-24-19/h9-12,16-18H,2-8,13H2,1H3,(H,22,24)(H,23,25)(H,26,27)/t16-,17?,18?/m1/s1. The zero-order valence-corrected chi connectivity index (χ0v) is 17.1. The van der Waals surface area contributed by atoms with Gasteiger partial charge in [0.15, 0.2) is 0 Å². The molecule has 2 fully saturated rings. The number of amides is 1. The van der Waals surface area contributed by atoms with Gasteiger partial charge in [-0.2, -0.15) is 0 Å². The van der Waals surface area contributed by atoms with Crippen molar-refractivity contribution in [2.75, 3.05) is 6.54 Å². The van der Waals surface area contributed by atoms with Crippen molar-refractivity contribution in [3.8, 4) is 0 Å². The minimum Gasteiger partial charge on any atom is -0.480 e. The Morgan fingerprint density at radius 1 is 1.29 bits per heavy atom. The number of aliphatic carboxylic acids is 1. The number of carboxylic acids is 1. The van der Waals surface area contributed by atoms with Gasteiger partial charge in [-0.15, -0.1) is 0 Å². The molecular formula is C21H29N3O3S. The van der Waals surface area contributed by atoms with Crippen molar-refractivity contribution in [2.24, 2.45) is 10.9 Å². The van der Waals surface area contributed by atoms with Crippen molar-refractivity contribution >= 4 is 29.7 Å². The molecule has 1 saturated heterocycles. The number of unbranched alkanes of at least 4 members (excludes halogenated alkanes) is 1. The summed E-state index contributed by atoms with van der Waals surface area (Å²) in [5.41, 5.74) is 1.66. The fourth-order valence-corrected chi connectivity index (χ4v) is 4.93. The lowest BCUT2D eigenvalue weighted by Crippen LogP contribution is -2.43. The highest BCUT2D eigenvalue weighted by molar-refractivity contribution is 7.99. The molecule has 6 nitrogen and oxygen atoms in total. The summed E-state index contributed by atoms with van der Waals surface area (Å²) in [6.45, 7) is 2.19.